The van der Waals surface area contributed by atoms with Crippen molar-refractivity contribution in [2.24, 2.45) is 0 Å². The van der Waals surface area contributed by atoms with Gasteiger partial charge in [0.1, 0.15) is 0 Å². The van der Waals surface area contributed by atoms with Crippen molar-refractivity contribution >= 4 is 11.9 Å². The number of ether oxygens (including phenoxy) is 1. The number of benzene rings is 3. The molecule has 0 spiro atoms. The Kier molecular flexibility index (Phi) is 6.36. The number of carbonyl (C=O) groups excluding carboxylic acids is 2. The minimum atomic E-state index is -0.991. The molecule has 32 heavy (non-hydrogen) atoms. The fraction of sp³-hybridized carbons (Fsp3) is 0.120. The molecule has 1 heterocycles. The predicted molar refractivity (Wildman–Crippen MR) is 120 cm³/mol. The number of nitrogens with zero attached hydrogens (tertiary/aromatic N) is 3. The van der Waals surface area contributed by atoms with Crippen LogP contribution in [-0.4, -0.2) is 32.7 Å². The molecule has 0 saturated heterocycles. The van der Waals surface area contributed by atoms with Gasteiger partial charge in [-0.05, 0) is 24.6 Å². The zero-order valence-corrected chi connectivity index (χ0v) is 17.5. The zero-order chi connectivity index (χ0) is 22.3. The molecular formula is C25H22N4O3. The summed E-state index contributed by atoms with van der Waals surface area (Å²) in [5, 5.41) is 7.12. The molecule has 1 amide bonds. The van der Waals surface area contributed by atoms with E-state index in [-0.39, 0.29) is 5.82 Å². The maximum absolute atomic E-state index is 12.7. The van der Waals surface area contributed by atoms with Crippen molar-refractivity contribution in [3.8, 4) is 17.1 Å². The van der Waals surface area contributed by atoms with Crippen LogP contribution in [0.25, 0.3) is 17.1 Å². The van der Waals surface area contributed by atoms with E-state index in [0.717, 1.165) is 16.8 Å². The summed E-state index contributed by atoms with van der Waals surface area (Å²) in [6.07, 6.45) is -0.991. The quantitative estimate of drug-likeness (QED) is 0.455. The lowest BCUT2D eigenvalue weighted by atomic mass is 10.2. The molecule has 1 unspecified atom stereocenters. The number of carbonyl (C=O) groups is 2. The molecule has 1 atom stereocenters. The first-order valence-corrected chi connectivity index (χ1v) is 10.2. The highest BCUT2D eigenvalue weighted by molar-refractivity contribution is 5.89. The molecule has 160 valence electrons. The van der Waals surface area contributed by atoms with E-state index in [4.69, 9.17) is 4.74 Å². The van der Waals surface area contributed by atoms with Gasteiger partial charge in [0.2, 0.25) is 0 Å². The number of hydrogen-bond donors (Lipinski definition) is 1. The van der Waals surface area contributed by atoms with Crippen LogP contribution in [-0.2, 0) is 16.1 Å². The van der Waals surface area contributed by atoms with Crippen molar-refractivity contribution in [1.82, 2.24) is 20.1 Å². The van der Waals surface area contributed by atoms with Gasteiger partial charge < -0.3 is 10.1 Å². The van der Waals surface area contributed by atoms with Crippen LogP contribution in [0.4, 0.5) is 0 Å². The molecule has 0 radical (unpaired) electrons. The van der Waals surface area contributed by atoms with Crippen molar-refractivity contribution in [2.75, 3.05) is 0 Å². The largest absolute Gasteiger partial charge is 0.447 e. The summed E-state index contributed by atoms with van der Waals surface area (Å²) in [7, 11) is 0. The van der Waals surface area contributed by atoms with Gasteiger partial charge in [0.15, 0.2) is 11.9 Å². The van der Waals surface area contributed by atoms with Crippen LogP contribution < -0.4 is 5.32 Å². The van der Waals surface area contributed by atoms with E-state index in [1.807, 2.05) is 91.0 Å². The van der Waals surface area contributed by atoms with Crippen LogP contribution in [0.2, 0.25) is 0 Å². The van der Waals surface area contributed by atoms with Crippen molar-refractivity contribution in [2.45, 2.75) is 19.6 Å². The van der Waals surface area contributed by atoms with Crippen molar-refractivity contribution < 1.29 is 14.3 Å². The number of amides is 1. The number of aromatic nitrogens is 3. The number of nitrogens with one attached hydrogen (secondary N) is 1. The second-order valence-corrected chi connectivity index (χ2v) is 7.12. The van der Waals surface area contributed by atoms with Crippen LogP contribution >= 0.6 is 0 Å². The lowest BCUT2D eigenvalue weighted by molar-refractivity contribution is -0.129. The highest BCUT2D eigenvalue weighted by atomic mass is 16.5. The summed E-state index contributed by atoms with van der Waals surface area (Å²) in [4.78, 5) is 29.5. The van der Waals surface area contributed by atoms with Gasteiger partial charge in [0.25, 0.3) is 11.7 Å². The van der Waals surface area contributed by atoms with Crippen LogP contribution in [0.1, 0.15) is 23.1 Å². The highest BCUT2D eigenvalue weighted by Gasteiger charge is 2.24. The first-order chi connectivity index (χ1) is 15.6. The Morgan fingerprint density at radius 2 is 1.50 bits per heavy atom. The molecule has 0 aliphatic rings. The lowest BCUT2D eigenvalue weighted by Crippen LogP contribution is -2.35. The molecule has 1 aromatic heterocycles. The molecule has 0 bridgehead atoms. The monoisotopic (exact) mass is 426 g/mol. The number of hydrogen-bond acceptors (Lipinski definition) is 5. The van der Waals surface area contributed by atoms with Crippen LogP contribution in [0.3, 0.4) is 0 Å². The molecule has 0 fully saturated rings. The summed E-state index contributed by atoms with van der Waals surface area (Å²) >= 11 is 0. The van der Waals surface area contributed by atoms with Crippen molar-refractivity contribution in [3.05, 3.63) is 102 Å². The minimum absolute atomic E-state index is 0.115. The maximum atomic E-state index is 12.7. The van der Waals surface area contributed by atoms with E-state index in [1.165, 1.54) is 6.92 Å². The molecule has 0 saturated carbocycles. The Morgan fingerprint density at radius 3 is 2.16 bits per heavy atom. The van der Waals surface area contributed by atoms with Crippen LogP contribution in [0.5, 0.6) is 0 Å². The third-order valence-electron chi connectivity index (χ3n) is 4.79. The van der Waals surface area contributed by atoms with E-state index in [2.05, 4.69) is 15.4 Å². The van der Waals surface area contributed by atoms with Crippen molar-refractivity contribution in [3.63, 3.8) is 0 Å². The average molecular weight is 426 g/mol. The zero-order valence-electron chi connectivity index (χ0n) is 17.5. The van der Waals surface area contributed by atoms with Gasteiger partial charge in [-0.15, -0.1) is 5.10 Å². The maximum Gasteiger partial charge on any atom is 0.379 e. The van der Waals surface area contributed by atoms with Gasteiger partial charge >= 0.3 is 5.97 Å². The van der Waals surface area contributed by atoms with Crippen LogP contribution in [0, 0.1) is 0 Å². The first-order valence-electron chi connectivity index (χ1n) is 10.2. The third kappa shape index (κ3) is 4.89. The second kappa shape index (κ2) is 9.70. The Hall–Kier alpha value is -4.26. The summed E-state index contributed by atoms with van der Waals surface area (Å²) in [6, 6.07) is 28.3. The van der Waals surface area contributed by atoms with Gasteiger partial charge in [-0.2, -0.15) is 0 Å². The SMILES string of the molecule is CC(OC(=O)c1nc(-c2ccccc2)n(-c2ccccc2)n1)C(=O)NCc1ccccc1. The minimum Gasteiger partial charge on any atom is -0.447 e. The van der Waals surface area contributed by atoms with Gasteiger partial charge in [-0.3, -0.25) is 4.79 Å². The number of esters is 1. The second-order valence-electron chi connectivity index (χ2n) is 7.12. The normalized spacial score (nSPS) is 11.5. The lowest BCUT2D eigenvalue weighted by Gasteiger charge is -2.12. The molecule has 0 aliphatic carbocycles. The van der Waals surface area contributed by atoms with Crippen LogP contribution in [0.15, 0.2) is 91.0 Å². The fourth-order valence-electron chi connectivity index (χ4n) is 3.12. The summed E-state index contributed by atoms with van der Waals surface area (Å²) in [5.41, 5.74) is 2.51. The Bertz CT molecular complexity index is 1130. The van der Waals surface area contributed by atoms with Gasteiger partial charge in [-0.25, -0.2) is 14.5 Å². The molecule has 7 nitrogen and oxygen atoms in total. The molecule has 4 aromatic rings. The smallest absolute Gasteiger partial charge is 0.379 e. The molecule has 4 rings (SSSR count). The molecule has 0 aliphatic heterocycles. The molecule has 3 aromatic carbocycles. The highest BCUT2D eigenvalue weighted by Crippen LogP contribution is 2.21. The first kappa shape index (κ1) is 21.0. The topological polar surface area (TPSA) is 86.1 Å². The Balaban J connectivity index is 1.51. The van der Waals surface area contributed by atoms with E-state index in [1.54, 1.807) is 4.68 Å². The van der Waals surface area contributed by atoms with Crippen molar-refractivity contribution in [1.29, 1.82) is 0 Å². The van der Waals surface area contributed by atoms with Gasteiger partial charge in [-0.1, -0.05) is 78.9 Å². The summed E-state index contributed by atoms with van der Waals surface area (Å²) in [5.74, 6) is -0.771. The number of rotatable bonds is 7. The summed E-state index contributed by atoms with van der Waals surface area (Å²) in [6.45, 7) is 1.87. The number of para-hydroxylation sites is 1. The molecular weight excluding hydrogens is 404 g/mol. The Labute approximate surface area is 185 Å². The molecule has 7 heteroatoms. The van der Waals surface area contributed by atoms with E-state index >= 15 is 0 Å². The standard InChI is InChI=1S/C25H22N4O3/c1-18(24(30)26-17-19-11-5-2-6-12-19)32-25(31)22-27-23(20-13-7-3-8-14-20)29(28-22)21-15-9-4-10-16-21/h2-16,18H,17H2,1H3,(H,26,30). The van der Waals surface area contributed by atoms with Gasteiger partial charge in [0, 0.05) is 12.1 Å². The van der Waals surface area contributed by atoms with Gasteiger partial charge in [0.05, 0.1) is 5.69 Å². The van der Waals surface area contributed by atoms with E-state index < -0.39 is 18.0 Å². The van der Waals surface area contributed by atoms with E-state index in [9.17, 15) is 9.59 Å². The third-order valence-corrected chi connectivity index (χ3v) is 4.79. The molecule has 1 N–H and O–H groups in total. The van der Waals surface area contributed by atoms with E-state index in [0.29, 0.717) is 12.4 Å². The summed E-state index contributed by atoms with van der Waals surface area (Å²) < 4.78 is 6.93. The predicted octanol–water partition coefficient (Wildman–Crippen LogP) is 3.80. The fourth-order valence-corrected chi connectivity index (χ4v) is 3.12. The average Bonchev–Trinajstić information content (AvgIpc) is 3.30. The Morgan fingerprint density at radius 1 is 0.906 bits per heavy atom.